The summed E-state index contributed by atoms with van der Waals surface area (Å²) in [6.07, 6.45) is 1.10. The molecule has 2 rings (SSSR count). The predicted octanol–water partition coefficient (Wildman–Crippen LogP) is 3.97. The Kier molecular flexibility index (Phi) is 10.8. The summed E-state index contributed by atoms with van der Waals surface area (Å²) in [5, 5.41) is 9.02. The first-order chi connectivity index (χ1) is 12.1. The Morgan fingerprint density at radius 1 is 1.12 bits per heavy atom. The Labute approximate surface area is 179 Å². The highest BCUT2D eigenvalue weighted by Crippen LogP contribution is 2.14. The van der Waals surface area contributed by atoms with Crippen molar-refractivity contribution in [3.63, 3.8) is 0 Å². The first-order valence-electron chi connectivity index (χ1n) is 8.77. The Hall–Kier alpha value is -1.12. The maximum absolute atomic E-state index is 4.35. The van der Waals surface area contributed by atoms with Crippen LogP contribution in [0.25, 0.3) is 0 Å². The third-order valence-corrected chi connectivity index (χ3v) is 4.92. The molecule has 0 aliphatic rings. The van der Waals surface area contributed by atoms with Crippen molar-refractivity contribution < 1.29 is 0 Å². The maximum Gasteiger partial charge on any atom is 0.191 e. The highest BCUT2D eigenvalue weighted by molar-refractivity contribution is 14.0. The van der Waals surface area contributed by atoms with E-state index in [0.717, 1.165) is 32.0 Å². The van der Waals surface area contributed by atoms with Crippen LogP contribution in [0, 0.1) is 5.92 Å². The van der Waals surface area contributed by atoms with E-state index in [2.05, 4.69) is 83.3 Å². The third kappa shape index (κ3) is 8.05. The van der Waals surface area contributed by atoms with Gasteiger partial charge in [-0.15, -0.1) is 35.3 Å². The van der Waals surface area contributed by atoms with Crippen LogP contribution in [0.15, 0.2) is 46.8 Å². The summed E-state index contributed by atoms with van der Waals surface area (Å²) in [6, 6.07) is 12.9. The number of aliphatic imine (C=N–C) groups is 1. The Balaban J connectivity index is 0.00000338. The van der Waals surface area contributed by atoms with Gasteiger partial charge in [0.05, 0.1) is 0 Å². The van der Waals surface area contributed by atoms with Gasteiger partial charge in [0.15, 0.2) is 5.96 Å². The van der Waals surface area contributed by atoms with Crippen molar-refractivity contribution in [1.82, 2.24) is 15.5 Å². The molecule has 0 aliphatic heterocycles. The minimum atomic E-state index is 0. The molecule has 0 saturated carbocycles. The largest absolute Gasteiger partial charge is 0.356 e. The van der Waals surface area contributed by atoms with Crippen molar-refractivity contribution >= 4 is 41.3 Å². The second-order valence-electron chi connectivity index (χ2n) is 6.70. The fourth-order valence-corrected chi connectivity index (χ4v) is 3.61. The van der Waals surface area contributed by atoms with Crippen LogP contribution in [-0.4, -0.2) is 38.5 Å². The van der Waals surface area contributed by atoms with Crippen LogP contribution in [0.2, 0.25) is 0 Å². The standard InChI is InChI=1S/C20H30N4S.HI/c1-16(12-19-10-7-11-25-19)13-22-20(21-2)23-14-17-8-5-6-9-18(17)15-24(3)4;/h5-11,16H,12-15H2,1-4H3,(H2,21,22,23);1H. The van der Waals surface area contributed by atoms with Gasteiger partial charge in [-0.1, -0.05) is 37.3 Å². The second-order valence-corrected chi connectivity index (χ2v) is 7.73. The first-order valence-corrected chi connectivity index (χ1v) is 9.65. The number of thiophene rings is 1. The molecule has 0 fully saturated rings. The molecule has 0 spiro atoms. The molecule has 0 bridgehead atoms. The Bertz CT molecular complexity index is 656. The lowest BCUT2D eigenvalue weighted by atomic mass is 10.1. The molecule has 0 amide bonds. The molecule has 0 saturated heterocycles. The lowest BCUT2D eigenvalue weighted by Gasteiger charge is -2.18. The van der Waals surface area contributed by atoms with Crippen LogP contribution < -0.4 is 10.6 Å². The summed E-state index contributed by atoms with van der Waals surface area (Å²) in [4.78, 5) is 7.98. The van der Waals surface area contributed by atoms with E-state index >= 15 is 0 Å². The number of benzene rings is 1. The summed E-state index contributed by atoms with van der Waals surface area (Å²) < 4.78 is 0. The highest BCUT2D eigenvalue weighted by Gasteiger charge is 2.07. The third-order valence-electron chi connectivity index (χ3n) is 4.02. The zero-order valence-corrected chi connectivity index (χ0v) is 19.3. The van der Waals surface area contributed by atoms with Crippen molar-refractivity contribution in [1.29, 1.82) is 0 Å². The van der Waals surface area contributed by atoms with Crippen LogP contribution >= 0.6 is 35.3 Å². The minimum absolute atomic E-state index is 0. The van der Waals surface area contributed by atoms with Crippen LogP contribution in [0.5, 0.6) is 0 Å². The van der Waals surface area contributed by atoms with E-state index in [1.54, 1.807) is 0 Å². The molecule has 4 nitrogen and oxygen atoms in total. The summed E-state index contributed by atoms with van der Waals surface area (Å²) in [6.45, 7) is 4.91. The topological polar surface area (TPSA) is 39.7 Å². The molecular weight excluding hydrogens is 455 g/mol. The van der Waals surface area contributed by atoms with Gasteiger partial charge in [-0.05, 0) is 49.0 Å². The van der Waals surface area contributed by atoms with Gasteiger partial charge in [-0.2, -0.15) is 0 Å². The average molecular weight is 486 g/mol. The molecule has 2 aromatic rings. The summed E-state index contributed by atoms with van der Waals surface area (Å²) >= 11 is 1.83. The van der Waals surface area contributed by atoms with E-state index in [9.17, 15) is 0 Å². The van der Waals surface area contributed by atoms with E-state index in [1.165, 1.54) is 16.0 Å². The number of rotatable bonds is 8. The molecule has 1 heterocycles. The smallest absolute Gasteiger partial charge is 0.191 e. The SMILES string of the molecule is CN=C(NCc1ccccc1CN(C)C)NCC(C)Cc1cccs1.I. The molecule has 0 radical (unpaired) electrons. The summed E-state index contributed by atoms with van der Waals surface area (Å²) in [5.41, 5.74) is 2.66. The number of nitrogens with zero attached hydrogens (tertiary/aromatic N) is 2. The minimum Gasteiger partial charge on any atom is -0.356 e. The van der Waals surface area contributed by atoms with Crippen molar-refractivity contribution in [3.8, 4) is 0 Å². The number of hydrogen-bond donors (Lipinski definition) is 2. The molecule has 144 valence electrons. The average Bonchev–Trinajstić information content (AvgIpc) is 3.08. The molecule has 2 N–H and O–H groups in total. The molecule has 1 aromatic heterocycles. The van der Waals surface area contributed by atoms with Gasteiger partial charge in [-0.25, -0.2) is 0 Å². The zero-order chi connectivity index (χ0) is 18.1. The van der Waals surface area contributed by atoms with Crippen LogP contribution in [-0.2, 0) is 19.5 Å². The predicted molar refractivity (Wildman–Crippen MR) is 125 cm³/mol. The van der Waals surface area contributed by atoms with Crippen molar-refractivity contribution in [3.05, 3.63) is 57.8 Å². The Morgan fingerprint density at radius 2 is 1.85 bits per heavy atom. The molecule has 1 atom stereocenters. The maximum atomic E-state index is 4.35. The van der Waals surface area contributed by atoms with Gasteiger partial charge >= 0.3 is 0 Å². The summed E-state index contributed by atoms with van der Waals surface area (Å²) in [7, 11) is 6.02. The van der Waals surface area contributed by atoms with Crippen molar-refractivity contribution in [2.45, 2.75) is 26.4 Å². The lowest BCUT2D eigenvalue weighted by molar-refractivity contribution is 0.400. The van der Waals surface area contributed by atoms with E-state index in [4.69, 9.17) is 0 Å². The van der Waals surface area contributed by atoms with Gasteiger partial charge in [0.1, 0.15) is 0 Å². The molecule has 0 aliphatic carbocycles. The van der Waals surface area contributed by atoms with Crippen molar-refractivity contribution in [2.24, 2.45) is 10.9 Å². The fourth-order valence-electron chi connectivity index (χ4n) is 2.74. The van der Waals surface area contributed by atoms with E-state index in [-0.39, 0.29) is 24.0 Å². The number of guanidine groups is 1. The number of hydrogen-bond acceptors (Lipinski definition) is 3. The van der Waals surface area contributed by atoms with Crippen LogP contribution in [0.1, 0.15) is 22.9 Å². The van der Waals surface area contributed by atoms with Gasteiger partial charge < -0.3 is 15.5 Å². The fraction of sp³-hybridized carbons (Fsp3) is 0.450. The van der Waals surface area contributed by atoms with E-state index < -0.39 is 0 Å². The monoisotopic (exact) mass is 486 g/mol. The van der Waals surface area contributed by atoms with E-state index in [1.807, 2.05) is 18.4 Å². The molecule has 6 heteroatoms. The zero-order valence-electron chi connectivity index (χ0n) is 16.2. The van der Waals surface area contributed by atoms with Gasteiger partial charge in [-0.3, -0.25) is 4.99 Å². The molecule has 26 heavy (non-hydrogen) atoms. The normalized spacial score (nSPS) is 12.6. The quantitative estimate of drug-likeness (QED) is 0.337. The highest BCUT2D eigenvalue weighted by atomic mass is 127. The molecule has 1 aromatic carbocycles. The number of halogens is 1. The van der Waals surface area contributed by atoms with Gasteiger partial charge in [0.25, 0.3) is 0 Å². The molecular formula is C20H31IN4S. The van der Waals surface area contributed by atoms with Crippen LogP contribution in [0.3, 0.4) is 0 Å². The lowest BCUT2D eigenvalue weighted by Crippen LogP contribution is -2.39. The van der Waals surface area contributed by atoms with E-state index in [0.29, 0.717) is 5.92 Å². The van der Waals surface area contributed by atoms with Gasteiger partial charge in [0, 0.05) is 31.6 Å². The number of nitrogens with one attached hydrogen (secondary N) is 2. The first kappa shape index (κ1) is 22.9. The second kappa shape index (κ2) is 12.3. The van der Waals surface area contributed by atoms with Crippen molar-refractivity contribution in [2.75, 3.05) is 27.7 Å². The molecule has 1 unspecified atom stereocenters. The summed E-state index contributed by atoms with van der Waals surface area (Å²) in [5.74, 6) is 1.43. The Morgan fingerprint density at radius 3 is 2.46 bits per heavy atom. The van der Waals surface area contributed by atoms with Crippen LogP contribution in [0.4, 0.5) is 0 Å². The van der Waals surface area contributed by atoms with Gasteiger partial charge in [0.2, 0.25) is 0 Å².